The number of hydrogen-bond donors (Lipinski definition) is 0. The van der Waals surface area contributed by atoms with Crippen molar-refractivity contribution in [2.45, 2.75) is 25.9 Å². The molecule has 0 aliphatic heterocycles. The molecule has 1 aromatic heterocycles. The zero-order valence-electron chi connectivity index (χ0n) is 8.16. The second-order valence-electron chi connectivity index (χ2n) is 3.54. The van der Waals surface area contributed by atoms with E-state index in [0.717, 1.165) is 12.0 Å². The van der Waals surface area contributed by atoms with Crippen LogP contribution in [0.2, 0.25) is 0 Å². The zero-order valence-corrected chi connectivity index (χ0v) is 8.16. The molecule has 0 unspecified atom stereocenters. The van der Waals surface area contributed by atoms with Crippen LogP contribution in [0.1, 0.15) is 25.4 Å². The summed E-state index contributed by atoms with van der Waals surface area (Å²) in [6.45, 7) is 4.07. The van der Waals surface area contributed by atoms with Crippen LogP contribution >= 0.6 is 0 Å². The summed E-state index contributed by atoms with van der Waals surface area (Å²) in [6, 6.07) is 3.63. The fourth-order valence-corrected chi connectivity index (χ4v) is 1.00. The first-order valence-electron chi connectivity index (χ1n) is 4.14. The third kappa shape index (κ3) is 2.18. The monoisotopic (exact) mass is 182 g/mol. The number of aldehydes is 1. The van der Waals surface area contributed by atoms with Crippen LogP contribution in [-0.2, 0) is 21.6 Å². The molecule has 1 heterocycles. The molecule has 3 nitrogen and oxygen atoms in total. The maximum absolute atomic E-state index is 10.7. The summed E-state index contributed by atoms with van der Waals surface area (Å²) in [5.74, 6) is 1.42. The molecule has 1 aromatic rings. The largest absolute Gasteiger partial charge is 0.463 e. The Morgan fingerprint density at radius 2 is 2.23 bits per heavy atom. The van der Waals surface area contributed by atoms with Crippen molar-refractivity contribution >= 4 is 6.29 Å². The minimum absolute atomic E-state index is 0.439. The van der Waals surface area contributed by atoms with Gasteiger partial charge in [0.15, 0.2) is 0 Å². The summed E-state index contributed by atoms with van der Waals surface area (Å²) < 4.78 is 10.3. The smallest absolute Gasteiger partial charge is 0.133 e. The molecule has 0 aliphatic carbocycles. The predicted octanol–water partition coefficient (Wildman–Crippen LogP) is 1.90. The highest BCUT2D eigenvalue weighted by Gasteiger charge is 2.23. The van der Waals surface area contributed by atoms with E-state index in [-0.39, 0.29) is 0 Å². The van der Waals surface area contributed by atoms with E-state index in [0.29, 0.717) is 12.4 Å². The van der Waals surface area contributed by atoms with Crippen molar-refractivity contribution in [1.82, 2.24) is 0 Å². The van der Waals surface area contributed by atoms with E-state index >= 15 is 0 Å². The minimum Gasteiger partial charge on any atom is -0.463 e. The Hall–Kier alpha value is -1.09. The molecule has 0 fully saturated rings. The van der Waals surface area contributed by atoms with Gasteiger partial charge in [-0.15, -0.1) is 0 Å². The Balaban J connectivity index is 2.85. The highest BCUT2D eigenvalue weighted by atomic mass is 16.5. The maximum atomic E-state index is 10.7. The molecule has 13 heavy (non-hydrogen) atoms. The summed E-state index contributed by atoms with van der Waals surface area (Å²) in [6.07, 6.45) is 0.877. The number of furan rings is 1. The van der Waals surface area contributed by atoms with E-state index in [4.69, 9.17) is 9.15 Å². The molecule has 3 heteroatoms. The topological polar surface area (TPSA) is 39.4 Å². The fraction of sp³-hybridized carbons (Fsp3) is 0.500. The van der Waals surface area contributed by atoms with Gasteiger partial charge in [0.1, 0.15) is 24.4 Å². The molecule has 0 radical (unpaired) electrons. The fourth-order valence-electron chi connectivity index (χ4n) is 1.00. The molecule has 0 aliphatic rings. The molecule has 0 amide bonds. The molecular weight excluding hydrogens is 168 g/mol. The van der Waals surface area contributed by atoms with Crippen molar-refractivity contribution < 1.29 is 13.9 Å². The summed E-state index contributed by atoms with van der Waals surface area (Å²) in [4.78, 5) is 10.7. The Labute approximate surface area is 77.7 Å². The molecule has 0 aromatic carbocycles. The van der Waals surface area contributed by atoms with Crippen molar-refractivity contribution in [3.05, 3.63) is 23.7 Å². The van der Waals surface area contributed by atoms with Gasteiger partial charge in [-0.1, -0.05) is 0 Å². The lowest BCUT2D eigenvalue weighted by Crippen LogP contribution is -2.17. The molecule has 0 spiro atoms. The van der Waals surface area contributed by atoms with Crippen molar-refractivity contribution in [2.75, 3.05) is 7.11 Å². The first-order chi connectivity index (χ1) is 6.10. The molecule has 1 rings (SSSR count). The molecule has 0 saturated carbocycles. The van der Waals surface area contributed by atoms with Gasteiger partial charge >= 0.3 is 0 Å². The van der Waals surface area contributed by atoms with E-state index in [1.165, 1.54) is 0 Å². The van der Waals surface area contributed by atoms with Gasteiger partial charge in [0.2, 0.25) is 0 Å². The Kier molecular flexibility index (Phi) is 2.88. The first kappa shape index (κ1) is 9.99. The van der Waals surface area contributed by atoms with Gasteiger partial charge in [-0.2, -0.15) is 0 Å². The average Bonchev–Trinajstić information content (AvgIpc) is 2.54. The van der Waals surface area contributed by atoms with E-state index in [9.17, 15) is 4.79 Å². The summed E-state index contributed by atoms with van der Waals surface area (Å²) in [5, 5.41) is 0. The number of rotatable bonds is 4. The Morgan fingerprint density at radius 3 is 2.77 bits per heavy atom. The molecule has 0 N–H and O–H groups in total. The van der Waals surface area contributed by atoms with Crippen molar-refractivity contribution in [2.24, 2.45) is 0 Å². The number of carbonyl (C=O) groups excluding carboxylic acids is 1. The van der Waals surface area contributed by atoms with Crippen LogP contribution in [0.25, 0.3) is 0 Å². The lowest BCUT2D eigenvalue weighted by Gasteiger charge is -2.12. The highest BCUT2D eigenvalue weighted by molar-refractivity contribution is 5.65. The summed E-state index contributed by atoms with van der Waals surface area (Å²) >= 11 is 0. The second-order valence-corrected chi connectivity index (χ2v) is 3.54. The van der Waals surface area contributed by atoms with Crippen LogP contribution in [0.3, 0.4) is 0 Å². The standard InChI is InChI=1S/C10H14O3/c1-10(2,7-11)9-5-4-8(13-9)6-12-3/h4-5,7H,6H2,1-3H3. The number of methoxy groups -OCH3 is 1. The van der Waals surface area contributed by atoms with Gasteiger partial charge in [-0.3, -0.25) is 0 Å². The third-order valence-electron chi connectivity index (χ3n) is 1.88. The van der Waals surface area contributed by atoms with Gasteiger partial charge in [0, 0.05) is 7.11 Å². The highest BCUT2D eigenvalue weighted by Crippen LogP contribution is 2.23. The lowest BCUT2D eigenvalue weighted by atomic mass is 9.93. The minimum atomic E-state index is -0.550. The number of carbonyl (C=O) groups is 1. The van der Waals surface area contributed by atoms with Crippen LogP contribution in [0.5, 0.6) is 0 Å². The quantitative estimate of drug-likeness (QED) is 0.667. The average molecular weight is 182 g/mol. The summed E-state index contributed by atoms with van der Waals surface area (Å²) in [5.41, 5.74) is -0.550. The van der Waals surface area contributed by atoms with Gasteiger partial charge in [0.25, 0.3) is 0 Å². The van der Waals surface area contributed by atoms with E-state index in [1.807, 2.05) is 26.0 Å². The molecule has 72 valence electrons. The van der Waals surface area contributed by atoms with Gasteiger partial charge < -0.3 is 13.9 Å². The van der Waals surface area contributed by atoms with Crippen LogP contribution in [-0.4, -0.2) is 13.4 Å². The lowest BCUT2D eigenvalue weighted by molar-refractivity contribution is -0.112. The van der Waals surface area contributed by atoms with Gasteiger partial charge in [-0.25, -0.2) is 0 Å². The van der Waals surface area contributed by atoms with Crippen molar-refractivity contribution in [3.8, 4) is 0 Å². The van der Waals surface area contributed by atoms with Gasteiger partial charge in [0.05, 0.1) is 5.41 Å². The maximum Gasteiger partial charge on any atom is 0.133 e. The van der Waals surface area contributed by atoms with Crippen LogP contribution < -0.4 is 0 Å². The summed E-state index contributed by atoms with van der Waals surface area (Å²) in [7, 11) is 1.60. The van der Waals surface area contributed by atoms with Crippen LogP contribution in [0.4, 0.5) is 0 Å². The van der Waals surface area contributed by atoms with Crippen LogP contribution in [0.15, 0.2) is 16.5 Å². The second kappa shape index (κ2) is 3.75. The Bertz CT molecular complexity index is 286. The SMILES string of the molecule is COCc1ccc(C(C)(C)C=O)o1. The first-order valence-corrected chi connectivity index (χ1v) is 4.14. The molecule has 0 bridgehead atoms. The normalized spacial score (nSPS) is 11.6. The van der Waals surface area contributed by atoms with Crippen molar-refractivity contribution in [1.29, 1.82) is 0 Å². The van der Waals surface area contributed by atoms with E-state index < -0.39 is 5.41 Å². The predicted molar refractivity (Wildman–Crippen MR) is 48.5 cm³/mol. The molecular formula is C10H14O3. The number of hydrogen-bond acceptors (Lipinski definition) is 3. The van der Waals surface area contributed by atoms with Gasteiger partial charge in [-0.05, 0) is 26.0 Å². The van der Waals surface area contributed by atoms with E-state index in [1.54, 1.807) is 7.11 Å². The van der Waals surface area contributed by atoms with Crippen molar-refractivity contribution in [3.63, 3.8) is 0 Å². The van der Waals surface area contributed by atoms with E-state index in [2.05, 4.69) is 0 Å². The molecule has 0 saturated heterocycles. The zero-order chi connectivity index (χ0) is 9.90. The number of ether oxygens (including phenoxy) is 1. The Morgan fingerprint density at radius 1 is 1.54 bits per heavy atom. The third-order valence-corrected chi connectivity index (χ3v) is 1.88. The molecule has 0 atom stereocenters. The van der Waals surface area contributed by atoms with Crippen LogP contribution in [0, 0.1) is 0 Å².